The second kappa shape index (κ2) is 19.9. The molecule has 36 heavy (non-hydrogen) atoms. The predicted octanol–water partition coefficient (Wildman–Crippen LogP) is -0.714. The number of hydrogen-bond donors (Lipinski definition) is 8. The zero-order chi connectivity index (χ0) is 27.5. The predicted molar refractivity (Wildman–Crippen MR) is 140 cm³/mol. The van der Waals surface area contributed by atoms with Crippen molar-refractivity contribution in [1.82, 2.24) is 16.0 Å². The Kier molecular flexibility index (Phi) is 18.6. The van der Waals surface area contributed by atoms with Crippen LogP contribution in [0.15, 0.2) is 0 Å². The lowest BCUT2D eigenvalue weighted by Crippen LogP contribution is -2.57. The smallest absolute Gasteiger partial charge is 0.326 e. The minimum absolute atomic E-state index is 0.0815. The maximum atomic E-state index is 13.2. The van der Waals surface area contributed by atoms with Gasteiger partial charge in [-0.2, -0.15) is 0 Å². The summed E-state index contributed by atoms with van der Waals surface area (Å²) >= 11 is 0. The molecule has 0 radical (unpaired) electrons. The van der Waals surface area contributed by atoms with Gasteiger partial charge in [-0.25, -0.2) is 4.79 Å². The number of hydrogen-bond acceptors (Lipinski definition) is 8. The van der Waals surface area contributed by atoms with Crippen LogP contribution in [0.1, 0.15) is 78.1 Å². The molecule has 0 aliphatic heterocycles. The number of rotatable bonds is 21. The Balaban J connectivity index is 5.41. The lowest BCUT2D eigenvalue weighted by atomic mass is 10.0. The third-order valence-electron chi connectivity index (χ3n) is 5.79. The zero-order valence-corrected chi connectivity index (χ0v) is 22.0. The van der Waals surface area contributed by atoms with Crippen molar-refractivity contribution in [3.8, 4) is 0 Å². The van der Waals surface area contributed by atoms with Crippen LogP contribution in [0.5, 0.6) is 0 Å². The van der Waals surface area contributed by atoms with Crippen LogP contribution < -0.4 is 38.9 Å². The van der Waals surface area contributed by atoms with Crippen LogP contribution in [-0.4, -0.2) is 72.6 Å². The van der Waals surface area contributed by atoms with Gasteiger partial charge < -0.3 is 44.0 Å². The number of amides is 3. The molecule has 0 rings (SSSR count). The van der Waals surface area contributed by atoms with Crippen molar-refractivity contribution in [3.63, 3.8) is 0 Å². The van der Waals surface area contributed by atoms with Crippen molar-refractivity contribution in [2.75, 3.05) is 19.6 Å². The van der Waals surface area contributed by atoms with Gasteiger partial charge in [0.05, 0.1) is 6.04 Å². The molecule has 12 heteroatoms. The summed E-state index contributed by atoms with van der Waals surface area (Å²) in [6.45, 7) is 5.19. The van der Waals surface area contributed by atoms with Crippen LogP contribution in [0.25, 0.3) is 0 Å². The summed E-state index contributed by atoms with van der Waals surface area (Å²) in [5, 5.41) is 17.5. The van der Waals surface area contributed by atoms with Crippen molar-refractivity contribution in [1.29, 1.82) is 0 Å². The van der Waals surface area contributed by atoms with Crippen LogP contribution in [0.3, 0.4) is 0 Å². The summed E-state index contributed by atoms with van der Waals surface area (Å²) in [7, 11) is 0. The molecular weight excluding hydrogens is 466 g/mol. The van der Waals surface area contributed by atoms with Gasteiger partial charge in [-0.15, -0.1) is 0 Å². The highest BCUT2D eigenvalue weighted by atomic mass is 16.4. The van der Waals surface area contributed by atoms with Gasteiger partial charge in [0, 0.05) is 0 Å². The third kappa shape index (κ3) is 15.0. The molecule has 4 atom stereocenters. The Morgan fingerprint density at radius 2 is 1.06 bits per heavy atom. The Morgan fingerprint density at radius 1 is 0.639 bits per heavy atom. The van der Waals surface area contributed by atoms with Gasteiger partial charge in [-0.3, -0.25) is 14.4 Å². The highest BCUT2D eigenvalue weighted by molar-refractivity contribution is 5.94. The quantitative estimate of drug-likeness (QED) is 0.0901. The van der Waals surface area contributed by atoms with Crippen molar-refractivity contribution < 1.29 is 24.3 Å². The number of nitrogens with one attached hydrogen (secondary N) is 3. The van der Waals surface area contributed by atoms with Crippen molar-refractivity contribution in [3.05, 3.63) is 0 Å². The van der Waals surface area contributed by atoms with Gasteiger partial charge in [0.15, 0.2) is 0 Å². The summed E-state index contributed by atoms with van der Waals surface area (Å²) in [6, 6.07) is -3.71. The molecule has 0 fully saturated rings. The molecular formula is C24H49N7O5. The van der Waals surface area contributed by atoms with Crippen LogP contribution >= 0.6 is 0 Å². The van der Waals surface area contributed by atoms with Gasteiger partial charge in [0.2, 0.25) is 17.7 Å². The maximum Gasteiger partial charge on any atom is 0.326 e. The van der Waals surface area contributed by atoms with Gasteiger partial charge in [0.1, 0.15) is 18.1 Å². The number of unbranched alkanes of at least 4 members (excludes halogenated alkanes) is 3. The second-order valence-electron chi connectivity index (χ2n) is 9.61. The standard InChI is InChI=1S/C24H49N7O5/c1-16(2)15-20(31-21(32)17(28)9-3-6-12-25)23(34)29-18(10-4-7-13-26)22(33)30-19(24(35)36)11-5-8-14-27/h16-20H,3-15,25-28H2,1-2H3,(H,29,34)(H,30,33)(H,31,32)(H,35,36). The first-order valence-electron chi connectivity index (χ1n) is 13.1. The first-order valence-corrected chi connectivity index (χ1v) is 13.1. The topological polar surface area (TPSA) is 229 Å². The molecule has 0 aromatic carbocycles. The van der Waals surface area contributed by atoms with E-state index < -0.39 is 47.9 Å². The van der Waals surface area contributed by atoms with E-state index in [1.54, 1.807) is 0 Å². The molecule has 0 aromatic rings. The molecule has 0 aromatic heterocycles. The molecule has 12 N–H and O–H groups in total. The van der Waals surface area contributed by atoms with E-state index in [-0.39, 0.29) is 18.8 Å². The Labute approximate surface area is 215 Å². The van der Waals surface area contributed by atoms with Gasteiger partial charge in [-0.05, 0) is 83.3 Å². The Bertz CT molecular complexity index is 663. The van der Waals surface area contributed by atoms with E-state index in [1.807, 2.05) is 13.8 Å². The van der Waals surface area contributed by atoms with Crippen molar-refractivity contribution in [2.45, 2.75) is 102 Å². The molecule has 3 amide bonds. The largest absolute Gasteiger partial charge is 0.480 e. The van der Waals surface area contributed by atoms with E-state index >= 15 is 0 Å². The van der Waals surface area contributed by atoms with E-state index in [1.165, 1.54) is 0 Å². The molecule has 0 bridgehead atoms. The first-order chi connectivity index (χ1) is 17.1. The van der Waals surface area contributed by atoms with Crippen molar-refractivity contribution >= 4 is 23.7 Å². The number of aliphatic carboxylic acids is 1. The average Bonchev–Trinajstić information content (AvgIpc) is 2.81. The SMILES string of the molecule is CC(C)CC(NC(=O)C(N)CCCCN)C(=O)NC(CCCCN)C(=O)NC(CCCCN)C(=O)O. The molecule has 0 aliphatic carbocycles. The van der Waals surface area contributed by atoms with E-state index in [4.69, 9.17) is 22.9 Å². The Hall–Kier alpha value is -2.28. The minimum atomic E-state index is -1.15. The number of nitrogens with two attached hydrogens (primary N) is 4. The van der Waals surface area contributed by atoms with E-state index in [9.17, 15) is 24.3 Å². The first kappa shape index (κ1) is 33.7. The van der Waals surface area contributed by atoms with E-state index in [0.29, 0.717) is 64.6 Å². The summed E-state index contributed by atoms with van der Waals surface area (Å²) in [5.41, 5.74) is 22.5. The molecule has 210 valence electrons. The lowest BCUT2D eigenvalue weighted by Gasteiger charge is -2.26. The Morgan fingerprint density at radius 3 is 1.53 bits per heavy atom. The number of carboxylic acid groups (broad SMARTS) is 1. The average molecular weight is 516 g/mol. The summed E-state index contributed by atoms with van der Waals surface area (Å²) in [6.07, 6.45) is 5.15. The fraction of sp³-hybridized carbons (Fsp3) is 0.833. The van der Waals surface area contributed by atoms with Crippen LogP contribution in [-0.2, 0) is 19.2 Å². The van der Waals surface area contributed by atoms with Crippen LogP contribution in [0.4, 0.5) is 0 Å². The third-order valence-corrected chi connectivity index (χ3v) is 5.79. The fourth-order valence-electron chi connectivity index (χ4n) is 3.68. The number of carboxylic acids is 1. The number of carbonyl (C=O) groups excluding carboxylic acids is 3. The highest BCUT2D eigenvalue weighted by Crippen LogP contribution is 2.09. The summed E-state index contributed by atoms with van der Waals surface area (Å²) in [5.74, 6) is -2.62. The van der Waals surface area contributed by atoms with Gasteiger partial charge in [0.25, 0.3) is 0 Å². The second-order valence-corrected chi connectivity index (χ2v) is 9.61. The minimum Gasteiger partial charge on any atom is -0.480 e. The van der Waals surface area contributed by atoms with E-state index in [2.05, 4.69) is 16.0 Å². The molecule has 0 spiro atoms. The van der Waals surface area contributed by atoms with Crippen LogP contribution in [0.2, 0.25) is 0 Å². The highest BCUT2D eigenvalue weighted by Gasteiger charge is 2.30. The monoisotopic (exact) mass is 515 g/mol. The fourth-order valence-corrected chi connectivity index (χ4v) is 3.68. The molecule has 0 saturated carbocycles. The zero-order valence-electron chi connectivity index (χ0n) is 22.0. The van der Waals surface area contributed by atoms with Crippen molar-refractivity contribution in [2.24, 2.45) is 28.9 Å². The summed E-state index contributed by atoms with van der Waals surface area (Å²) < 4.78 is 0. The molecule has 4 unspecified atom stereocenters. The summed E-state index contributed by atoms with van der Waals surface area (Å²) in [4.78, 5) is 50.4. The van der Waals surface area contributed by atoms with Gasteiger partial charge in [-0.1, -0.05) is 20.3 Å². The number of carbonyl (C=O) groups is 4. The molecule has 0 heterocycles. The molecule has 0 aliphatic rings. The van der Waals surface area contributed by atoms with E-state index in [0.717, 1.165) is 6.42 Å². The van der Waals surface area contributed by atoms with Crippen LogP contribution in [0, 0.1) is 5.92 Å². The normalized spacial score (nSPS) is 14.5. The lowest BCUT2D eigenvalue weighted by molar-refractivity contribution is -0.142. The molecule has 12 nitrogen and oxygen atoms in total. The maximum absolute atomic E-state index is 13.2. The molecule has 0 saturated heterocycles. The van der Waals surface area contributed by atoms with Gasteiger partial charge >= 0.3 is 5.97 Å².